The van der Waals surface area contributed by atoms with Crippen LogP contribution in [0.4, 0.5) is 4.39 Å². The van der Waals surface area contributed by atoms with Crippen molar-refractivity contribution in [3.8, 4) is 17.2 Å². The number of benzene rings is 2. The quantitative estimate of drug-likeness (QED) is 0.794. The lowest BCUT2D eigenvalue weighted by molar-refractivity contribution is -0.124. The fourth-order valence-electron chi connectivity index (χ4n) is 2.62. The van der Waals surface area contributed by atoms with Crippen molar-refractivity contribution in [1.82, 2.24) is 5.32 Å². The average Bonchev–Trinajstić information content (AvgIpc) is 2.60. The Hall–Kier alpha value is -2.28. The van der Waals surface area contributed by atoms with Crippen LogP contribution in [-0.4, -0.2) is 25.7 Å². The minimum atomic E-state index is -0.658. The molecule has 1 N–H and O–H groups in total. The van der Waals surface area contributed by atoms with Gasteiger partial charge in [0.1, 0.15) is 13.2 Å². The van der Waals surface area contributed by atoms with Crippen LogP contribution in [0.5, 0.6) is 17.2 Å². The lowest BCUT2D eigenvalue weighted by Crippen LogP contribution is -2.43. The molecule has 26 heavy (non-hydrogen) atoms. The van der Waals surface area contributed by atoms with Crippen LogP contribution < -0.4 is 19.5 Å². The summed E-state index contributed by atoms with van der Waals surface area (Å²) in [6.45, 7) is 4.48. The van der Waals surface area contributed by atoms with E-state index >= 15 is 0 Å². The van der Waals surface area contributed by atoms with Crippen LogP contribution in [0, 0.1) is 5.82 Å². The lowest BCUT2D eigenvalue weighted by atomic mass is 9.93. The van der Waals surface area contributed by atoms with Gasteiger partial charge in [-0.15, -0.1) is 0 Å². The lowest BCUT2D eigenvalue weighted by Gasteiger charge is -2.28. The van der Waals surface area contributed by atoms with Gasteiger partial charge >= 0.3 is 0 Å². The van der Waals surface area contributed by atoms with Crippen molar-refractivity contribution in [3.63, 3.8) is 0 Å². The first-order chi connectivity index (χ1) is 12.3. The monoisotopic (exact) mass is 423 g/mol. The normalized spacial score (nSPS) is 13.2. The van der Waals surface area contributed by atoms with Crippen molar-refractivity contribution in [2.45, 2.75) is 19.4 Å². The minimum Gasteiger partial charge on any atom is -0.486 e. The summed E-state index contributed by atoms with van der Waals surface area (Å²) in [5, 5.41) is 2.89. The van der Waals surface area contributed by atoms with Gasteiger partial charge in [0.05, 0.1) is 5.54 Å². The van der Waals surface area contributed by atoms with Gasteiger partial charge in [-0.1, -0.05) is 22.0 Å². The molecule has 0 fully saturated rings. The standard InChI is InChI=1S/C19H19BrFNO4/c1-19(2,12-3-5-16-17(9-12)25-8-7-24-16)22-18(23)11-26-15-6-4-13(20)10-14(15)21/h3-6,9-10H,7-8,11H2,1-2H3,(H,22,23). The first-order valence-electron chi connectivity index (χ1n) is 8.14. The number of fused-ring (bicyclic) bond motifs is 1. The summed E-state index contributed by atoms with van der Waals surface area (Å²) >= 11 is 3.17. The van der Waals surface area contributed by atoms with Gasteiger partial charge in [0.2, 0.25) is 0 Å². The van der Waals surface area contributed by atoms with Crippen LogP contribution in [0.1, 0.15) is 19.4 Å². The highest BCUT2D eigenvalue weighted by molar-refractivity contribution is 9.10. The van der Waals surface area contributed by atoms with E-state index in [0.717, 1.165) is 5.56 Å². The maximum Gasteiger partial charge on any atom is 0.258 e. The van der Waals surface area contributed by atoms with E-state index in [4.69, 9.17) is 14.2 Å². The molecule has 0 saturated carbocycles. The van der Waals surface area contributed by atoms with Crippen LogP contribution in [0.2, 0.25) is 0 Å². The molecule has 0 radical (unpaired) electrons. The summed E-state index contributed by atoms with van der Waals surface area (Å²) in [6.07, 6.45) is 0. The van der Waals surface area contributed by atoms with Crippen molar-refractivity contribution in [1.29, 1.82) is 0 Å². The molecule has 2 aromatic carbocycles. The molecule has 0 spiro atoms. The number of carbonyl (C=O) groups is 1. The fourth-order valence-corrected chi connectivity index (χ4v) is 2.96. The number of carbonyl (C=O) groups excluding carboxylic acids is 1. The molecular weight excluding hydrogens is 405 g/mol. The highest BCUT2D eigenvalue weighted by Crippen LogP contribution is 2.34. The third-order valence-corrected chi connectivity index (χ3v) is 4.46. The molecule has 0 saturated heterocycles. The average molecular weight is 424 g/mol. The third-order valence-electron chi connectivity index (χ3n) is 3.97. The molecule has 0 aliphatic carbocycles. The highest BCUT2D eigenvalue weighted by Gasteiger charge is 2.25. The number of ether oxygens (including phenoxy) is 3. The van der Waals surface area contributed by atoms with E-state index in [1.54, 1.807) is 6.07 Å². The zero-order valence-corrected chi connectivity index (χ0v) is 16.1. The number of hydrogen-bond acceptors (Lipinski definition) is 4. The van der Waals surface area contributed by atoms with E-state index in [0.29, 0.717) is 29.2 Å². The summed E-state index contributed by atoms with van der Waals surface area (Å²) in [7, 11) is 0. The van der Waals surface area contributed by atoms with E-state index in [1.165, 1.54) is 12.1 Å². The predicted molar refractivity (Wildman–Crippen MR) is 98.2 cm³/mol. The van der Waals surface area contributed by atoms with E-state index in [-0.39, 0.29) is 18.3 Å². The van der Waals surface area contributed by atoms with Crippen molar-refractivity contribution in [2.24, 2.45) is 0 Å². The van der Waals surface area contributed by atoms with Crippen molar-refractivity contribution < 1.29 is 23.4 Å². The molecule has 1 amide bonds. The van der Waals surface area contributed by atoms with E-state index in [1.807, 2.05) is 32.0 Å². The molecule has 138 valence electrons. The van der Waals surface area contributed by atoms with Gasteiger partial charge in [0.25, 0.3) is 5.91 Å². The number of hydrogen-bond donors (Lipinski definition) is 1. The molecule has 0 aromatic heterocycles. The number of amides is 1. The Labute approximate surface area is 159 Å². The minimum absolute atomic E-state index is 0.0282. The van der Waals surface area contributed by atoms with Crippen LogP contribution in [-0.2, 0) is 10.3 Å². The molecule has 1 aliphatic rings. The molecule has 0 atom stereocenters. The molecular formula is C19H19BrFNO4. The van der Waals surface area contributed by atoms with E-state index < -0.39 is 11.4 Å². The Morgan fingerprint density at radius 1 is 1.19 bits per heavy atom. The Morgan fingerprint density at radius 3 is 2.65 bits per heavy atom. The molecule has 3 rings (SSSR count). The number of halogens is 2. The van der Waals surface area contributed by atoms with Crippen LogP contribution >= 0.6 is 15.9 Å². The fraction of sp³-hybridized carbons (Fsp3) is 0.316. The van der Waals surface area contributed by atoms with Gasteiger partial charge in [-0.2, -0.15) is 0 Å². The zero-order valence-electron chi connectivity index (χ0n) is 14.5. The number of rotatable bonds is 5. The van der Waals surface area contributed by atoms with E-state index in [9.17, 15) is 9.18 Å². The van der Waals surface area contributed by atoms with Gasteiger partial charge in [-0.25, -0.2) is 4.39 Å². The molecule has 2 aromatic rings. The zero-order chi connectivity index (χ0) is 18.7. The van der Waals surface area contributed by atoms with Crippen LogP contribution in [0.3, 0.4) is 0 Å². The maximum absolute atomic E-state index is 13.8. The molecule has 1 heterocycles. The second kappa shape index (κ2) is 7.53. The second-order valence-electron chi connectivity index (χ2n) is 6.40. The smallest absolute Gasteiger partial charge is 0.258 e. The SMILES string of the molecule is CC(C)(NC(=O)COc1ccc(Br)cc1F)c1ccc2c(c1)OCCO2. The van der Waals surface area contributed by atoms with Crippen LogP contribution in [0.25, 0.3) is 0 Å². The van der Waals surface area contributed by atoms with Gasteiger partial charge in [-0.3, -0.25) is 4.79 Å². The summed E-state index contributed by atoms with van der Waals surface area (Å²) < 4.78 is 30.7. The number of nitrogens with one attached hydrogen (secondary N) is 1. The van der Waals surface area contributed by atoms with E-state index in [2.05, 4.69) is 21.2 Å². The third kappa shape index (κ3) is 4.27. The molecule has 7 heteroatoms. The van der Waals surface area contributed by atoms with Gasteiger partial charge in [-0.05, 0) is 49.7 Å². The molecule has 0 bridgehead atoms. The predicted octanol–water partition coefficient (Wildman–Crippen LogP) is 3.79. The summed E-state index contributed by atoms with van der Waals surface area (Å²) in [4.78, 5) is 12.2. The molecule has 0 unspecified atom stereocenters. The first kappa shape index (κ1) is 18.5. The van der Waals surface area contributed by atoms with Crippen LogP contribution in [0.15, 0.2) is 40.9 Å². The molecule has 5 nitrogen and oxygen atoms in total. The largest absolute Gasteiger partial charge is 0.486 e. The summed E-state index contributed by atoms with van der Waals surface area (Å²) in [5.74, 6) is 0.492. The van der Waals surface area contributed by atoms with Crippen molar-refractivity contribution in [2.75, 3.05) is 19.8 Å². The van der Waals surface area contributed by atoms with Crippen molar-refractivity contribution >= 4 is 21.8 Å². The maximum atomic E-state index is 13.8. The second-order valence-corrected chi connectivity index (χ2v) is 7.31. The first-order valence-corrected chi connectivity index (χ1v) is 8.93. The molecule has 1 aliphatic heterocycles. The Kier molecular flexibility index (Phi) is 5.36. The van der Waals surface area contributed by atoms with Gasteiger partial charge in [0, 0.05) is 4.47 Å². The Balaban J connectivity index is 1.64. The Morgan fingerprint density at radius 2 is 1.92 bits per heavy atom. The summed E-state index contributed by atoms with van der Waals surface area (Å²) in [6, 6.07) is 9.96. The van der Waals surface area contributed by atoms with Gasteiger partial charge < -0.3 is 19.5 Å². The Bertz CT molecular complexity index is 825. The van der Waals surface area contributed by atoms with Gasteiger partial charge in [0.15, 0.2) is 29.7 Å². The van der Waals surface area contributed by atoms with Crippen molar-refractivity contribution in [3.05, 3.63) is 52.3 Å². The topological polar surface area (TPSA) is 56.8 Å². The highest BCUT2D eigenvalue weighted by atomic mass is 79.9. The summed E-state index contributed by atoms with van der Waals surface area (Å²) in [5.41, 5.74) is 0.207.